The van der Waals surface area contributed by atoms with Crippen molar-refractivity contribution in [3.8, 4) is 11.4 Å². The van der Waals surface area contributed by atoms with E-state index in [0.717, 1.165) is 21.5 Å². The van der Waals surface area contributed by atoms with E-state index in [-0.39, 0.29) is 43.5 Å². The predicted molar refractivity (Wildman–Crippen MR) is 101 cm³/mol. The molecule has 0 spiro atoms. The molecule has 7 nitrogen and oxygen atoms in total. The van der Waals surface area contributed by atoms with E-state index in [1.165, 1.54) is 0 Å². The van der Waals surface area contributed by atoms with Crippen LogP contribution in [0.4, 0.5) is 5.69 Å². The van der Waals surface area contributed by atoms with Gasteiger partial charge in [0, 0.05) is 31.4 Å². The van der Waals surface area contributed by atoms with Crippen LogP contribution in [0.15, 0.2) is 48.5 Å². The number of likely N-dealkylation sites (tertiary alicyclic amines) is 1. The number of aromatic amines is 1. The number of nitrogens with zero attached hydrogens (tertiary/aromatic N) is 2. The number of carbonyl (C=O) groups excluding carboxylic acids is 3. The Hall–Kier alpha value is -3.48. The van der Waals surface area contributed by atoms with Crippen molar-refractivity contribution in [1.82, 2.24) is 14.9 Å². The van der Waals surface area contributed by atoms with Crippen LogP contribution in [0.2, 0.25) is 0 Å². The Morgan fingerprint density at radius 2 is 1.74 bits per heavy atom. The van der Waals surface area contributed by atoms with E-state index in [1.54, 1.807) is 6.07 Å². The minimum atomic E-state index is -0.258. The Balaban J connectivity index is 1.50. The van der Waals surface area contributed by atoms with Crippen LogP contribution in [0.5, 0.6) is 0 Å². The molecule has 1 aliphatic heterocycles. The average molecular weight is 362 g/mol. The topological polar surface area (TPSA) is 95.2 Å². The summed E-state index contributed by atoms with van der Waals surface area (Å²) in [6, 6.07) is 15.1. The van der Waals surface area contributed by atoms with Crippen LogP contribution in [0.25, 0.3) is 22.4 Å². The third-order valence-electron chi connectivity index (χ3n) is 4.56. The number of amides is 3. The maximum Gasteiger partial charge on any atom is 0.229 e. The molecule has 136 valence electrons. The highest BCUT2D eigenvalue weighted by molar-refractivity contribution is 6.02. The van der Waals surface area contributed by atoms with Crippen LogP contribution in [-0.4, -0.2) is 39.1 Å². The molecule has 4 rings (SSSR count). The van der Waals surface area contributed by atoms with Gasteiger partial charge in [0.05, 0.1) is 16.7 Å². The third kappa shape index (κ3) is 3.44. The first kappa shape index (κ1) is 17.0. The largest absolute Gasteiger partial charge is 0.338 e. The summed E-state index contributed by atoms with van der Waals surface area (Å²) in [6.45, 7) is 0.107. The number of anilines is 1. The molecule has 1 saturated heterocycles. The molecule has 2 N–H and O–H groups in total. The van der Waals surface area contributed by atoms with Gasteiger partial charge in [-0.25, -0.2) is 4.98 Å². The number of H-pyrrole nitrogens is 1. The number of imide groups is 1. The lowest BCUT2D eigenvalue weighted by molar-refractivity contribution is -0.138. The second-order valence-corrected chi connectivity index (χ2v) is 6.39. The zero-order valence-corrected chi connectivity index (χ0v) is 14.6. The predicted octanol–water partition coefficient (Wildman–Crippen LogP) is 2.71. The van der Waals surface area contributed by atoms with E-state index >= 15 is 0 Å². The fourth-order valence-corrected chi connectivity index (χ4v) is 3.18. The molecule has 3 aromatic rings. The number of benzene rings is 2. The third-order valence-corrected chi connectivity index (χ3v) is 4.56. The monoisotopic (exact) mass is 362 g/mol. The van der Waals surface area contributed by atoms with E-state index < -0.39 is 0 Å². The van der Waals surface area contributed by atoms with Gasteiger partial charge in [-0.1, -0.05) is 24.3 Å². The SMILES string of the molecule is O=C(CCN1C(=O)CCC1=O)Nc1ccccc1-c1nc2ccccc2[nH]1. The highest BCUT2D eigenvalue weighted by Crippen LogP contribution is 2.27. The molecular formula is C20H18N4O3. The van der Waals surface area contributed by atoms with Gasteiger partial charge >= 0.3 is 0 Å². The molecule has 2 heterocycles. The molecule has 3 amide bonds. The summed E-state index contributed by atoms with van der Waals surface area (Å²) in [5.41, 5.74) is 3.16. The fourth-order valence-electron chi connectivity index (χ4n) is 3.18. The number of hydrogen-bond donors (Lipinski definition) is 2. The van der Waals surface area contributed by atoms with Crippen molar-refractivity contribution < 1.29 is 14.4 Å². The second-order valence-electron chi connectivity index (χ2n) is 6.39. The summed E-state index contributed by atoms with van der Waals surface area (Å²) in [7, 11) is 0. The van der Waals surface area contributed by atoms with E-state index in [0.29, 0.717) is 11.5 Å². The number of carbonyl (C=O) groups is 3. The molecule has 1 aliphatic rings. The number of imidazole rings is 1. The van der Waals surface area contributed by atoms with Gasteiger partial charge in [-0.15, -0.1) is 0 Å². The van der Waals surface area contributed by atoms with Crippen molar-refractivity contribution in [3.05, 3.63) is 48.5 Å². The summed E-state index contributed by atoms with van der Waals surface area (Å²) in [5.74, 6) is -0.0194. The molecule has 0 unspecified atom stereocenters. The van der Waals surface area contributed by atoms with E-state index in [1.807, 2.05) is 42.5 Å². The molecule has 0 atom stereocenters. The lowest BCUT2D eigenvalue weighted by Crippen LogP contribution is -2.32. The lowest BCUT2D eigenvalue weighted by Gasteiger charge is -2.14. The van der Waals surface area contributed by atoms with E-state index in [2.05, 4.69) is 15.3 Å². The first-order chi connectivity index (χ1) is 13.1. The number of nitrogens with one attached hydrogen (secondary N) is 2. The van der Waals surface area contributed by atoms with Gasteiger partial charge in [0.25, 0.3) is 0 Å². The first-order valence-electron chi connectivity index (χ1n) is 8.79. The van der Waals surface area contributed by atoms with Crippen LogP contribution in [0.1, 0.15) is 19.3 Å². The maximum absolute atomic E-state index is 12.3. The molecule has 0 aliphatic carbocycles. The summed E-state index contributed by atoms with van der Waals surface area (Å²) in [4.78, 5) is 44.6. The molecule has 1 fully saturated rings. The van der Waals surface area contributed by atoms with Gasteiger partial charge in [-0.2, -0.15) is 0 Å². The first-order valence-corrected chi connectivity index (χ1v) is 8.79. The van der Waals surface area contributed by atoms with Gasteiger partial charge in [0.15, 0.2) is 0 Å². The van der Waals surface area contributed by atoms with Crippen LogP contribution in [0, 0.1) is 0 Å². The number of fused-ring (bicyclic) bond motifs is 1. The maximum atomic E-state index is 12.3. The van der Waals surface area contributed by atoms with Crippen molar-refractivity contribution >= 4 is 34.4 Å². The van der Waals surface area contributed by atoms with Crippen LogP contribution in [-0.2, 0) is 14.4 Å². The Bertz CT molecular complexity index is 991. The molecule has 0 radical (unpaired) electrons. The Morgan fingerprint density at radius 3 is 2.52 bits per heavy atom. The van der Waals surface area contributed by atoms with Gasteiger partial charge < -0.3 is 10.3 Å². The minimum Gasteiger partial charge on any atom is -0.338 e. The normalized spacial score (nSPS) is 14.1. The van der Waals surface area contributed by atoms with Crippen molar-refractivity contribution in [2.75, 3.05) is 11.9 Å². The summed E-state index contributed by atoms with van der Waals surface area (Å²) >= 11 is 0. The Kier molecular flexibility index (Phi) is 4.42. The zero-order valence-electron chi connectivity index (χ0n) is 14.6. The molecule has 27 heavy (non-hydrogen) atoms. The number of rotatable bonds is 5. The lowest BCUT2D eigenvalue weighted by atomic mass is 10.1. The standard InChI is InChI=1S/C20H18N4O3/c25-17(11-12-24-18(26)9-10-19(24)27)21-14-6-2-1-5-13(14)20-22-15-7-3-4-8-16(15)23-20/h1-8H,9-12H2,(H,21,25)(H,22,23). The second kappa shape index (κ2) is 7.03. The van der Waals surface area contributed by atoms with Crippen LogP contribution < -0.4 is 5.32 Å². The highest BCUT2D eigenvalue weighted by atomic mass is 16.2. The molecule has 0 saturated carbocycles. The van der Waals surface area contributed by atoms with E-state index in [9.17, 15) is 14.4 Å². The van der Waals surface area contributed by atoms with Gasteiger partial charge in [0.2, 0.25) is 17.7 Å². The molecule has 1 aromatic heterocycles. The smallest absolute Gasteiger partial charge is 0.229 e. The van der Waals surface area contributed by atoms with Crippen molar-refractivity contribution in [1.29, 1.82) is 0 Å². The van der Waals surface area contributed by atoms with Crippen molar-refractivity contribution in [3.63, 3.8) is 0 Å². The zero-order chi connectivity index (χ0) is 18.8. The summed E-state index contributed by atoms with van der Waals surface area (Å²) < 4.78 is 0. The van der Waals surface area contributed by atoms with Crippen LogP contribution >= 0.6 is 0 Å². The van der Waals surface area contributed by atoms with Gasteiger partial charge in [-0.3, -0.25) is 19.3 Å². The van der Waals surface area contributed by atoms with Gasteiger partial charge in [0.1, 0.15) is 5.82 Å². The molecule has 0 bridgehead atoms. The Morgan fingerprint density at radius 1 is 1.04 bits per heavy atom. The van der Waals surface area contributed by atoms with Gasteiger partial charge in [-0.05, 0) is 24.3 Å². The number of aromatic nitrogens is 2. The van der Waals surface area contributed by atoms with Crippen molar-refractivity contribution in [2.45, 2.75) is 19.3 Å². The number of hydrogen-bond acceptors (Lipinski definition) is 4. The molecule has 7 heteroatoms. The quantitative estimate of drug-likeness (QED) is 0.682. The summed E-state index contributed by atoms with van der Waals surface area (Å²) in [6.07, 6.45) is 0.524. The Labute approximate surface area is 155 Å². The molecular weight excluding hydrogens is 344 g/mol. The average Bonchev–Trinajstić information content (AvgIpc) is 3.24. The van der Waals surface area contributed by atoms with Crippen molar-refractivity contribution in [2.24, 2.45) is 0 Å². The van der Waals surface area contributed by atoms with Crippen LogP contribution in [0.3, 0.4) is 0 Å². The molecule has 2 aromatic carbocycles. The summed E-state index contributed by atoms with van der Waals surface area (Å²) in [5, 5.41) is 2.86. The fraction of sp³-hybridized carbons (Fsp3) is 0.200. The highest BCUT2D eigenvalue weighted by Gasteiger charge is 2.28. The number of para-hydroxylation sites is 3. The minimum absolute atomic E-state index is 0.0615. The van der Waals surface area contributed by atoms with E-state index in [4.69, 9.17) is 0 Å².